The molecule has 0 N–H and O–H groups in total. The zero-order valence-corrected chi connectivity index (χ0v) is 14.1. The monoisotopic (exact) mass is 357 g/mol. The molecule has 4 aromatic rings. The Hall–Kier alpha value is -3.87. The maximum absolute atomic E-state index is 13.2. The van der Waals surface area contributed by atoms with Gasteiger partial charge in [-0.25, -0.2) is 4.98 Å². The lowest BCUT2D eigenvalue weighted by Gasteiger charge is -2.09. The maximum Gasteiger partial charge on any atom is 0.270 e. The SMILES string of the molecule is Cc1noc2nc3c(c(-c4cccc([N+](=O)[O-])c4)c12)C(=O)c1ccccc1-3. The number of nitrogens with zero attached hydrogens (tertiary/aromatic N) is 3. The number of rotatable bonds is 2. The molecule has 2 aromatic carbocycles. The highest BCUT2D eigenvalue weighted by atomic mass is 16.6. The zero-order valence-electron chi connectivity index (χ0n) is 14.1. The highest BCUT2D eigenvalue weighted by Gasteiger charge is 2.34. The first-order valence-electron chi connectivity index (χ1n) is 8.25. The molecule has 0 bridgehead atoms. The van der Waals surface area contributed by atoms with Gasteiger partial charge in [-0.05, 0) is 12.5 Å². The first kappa shape index (κ1) is 15.4. The van der Waals surface area contributed by atoms with Gasteiger partial charge in [-0.15, -0.1) is 0 Å². The number of non-ortho nitro benzene ring substituents is 1. The second kappa shape index (κ2) is 5.31. The minimum Gasteiger partial charge on any atom is -0.336 e. The molecule has 0 fully saturated rings. The van der Waals surface area contributed by atoms with Gasteiger partial charge in [-0.1, -0.05) is 41.6 Å². The molecule has 5 rings (SSSR count). The number of fused-ring (bicyclic) bond motifs is 4. The van der Waals surface area contributed by atoms with E-state index in [1.54, 1.807) is 31.2 Å². The van der Waals surface area contributed by atoms with Crippen molar-refractivity contribution in [1.82, 2.24) is 10.1 Å². The number of hydrogen-bond acceptors (Lipinski definition) is 6. The van der Waals surface area contributed by atoms with E-state index < -0.39 is 4.92 Å². The van der Waals surface area contributed by atoms with E-state index in [4.69, 9.17) is 4.52 Å². The average molecular weight is 357 g/mol. The molecular formula is C20H11N3O4. The van der Waals surface area contributed by atoms with Crippen LogP contribution >= 0.6 is 0 Å². The summed E-state index contributed by atoms with van der Waals surface area (Å²) in [4.78, 5) is 28.5. The molecule has 0 saturated heterocycles. The molecule has 7 nitrogen and oxygen atoms in total. The van der Waals surface area contributed by atoms with Crippen LogP contribution in [0.1, 0.15) is 21.6 Å². The van der Waals surface area contributed by atoms with Crippen LogP contribution in [0.25, 0.3) is 33.5 Å². The van der Waals surface area contributed by atoms with Gasteiger partial charge in [-0.3, -0.25) is 14.9 Å². The molecule has 1 aliphatic rings. The molecule has 2 aromatic heterocycles. The topological polar surface area (TPSA) is 99.1 Å². The van der Waals surface area contributed by atoms with Crippen LogP contribution in [0, 0.1) is 17.0 Å². The van der Waals surface area contributed by atoms with Crippen molar-refractivity contribution in [2.45, 2.75) is 6.92 Å². The van der Waals surface area contributed by atoms with Gasteiger partial charge < -0.3 is 4.52 Å². The number of nitro groups is 1. The molecule has 2 heterocycles. The second-order valence-corrected chi connectivity index (χ2v) is 6.34. The van der Waals surface area contributed by atoms with Crippen molar-refractivity contribution < 1.29 is 14.2 Å². The molecule has 0 aliphatic heterocycles. The van der Waals surface area contributed by atoms with Crippen LogP contribution in [0.5, 0.6) is 0 Å². The second-order valence-electron chi connectivity index (χ2n) is 6.34. The molecule has 0 radical (unpaired) electrons. The Bertz CT molecular complexity index is 1290. The van der Waals surface area contributed by atoms with E-state index in [2.05, 4.69) is 10.1 Å². The van der Waals surface area contributed by atoms with Gasteiger partial charge in [0.2, 0.25) is 0 Å². The van der Waals surface area contributed by atoms with E-state index >= 15 is 0 Å². The van der Waals surface area contributed by atoms with Crippen molar-refractivity contribution in [3.63, 3.8) is 0 Å². The Balaban J connectivity index is 1.93. The summed E-state index contributed by atoms with van der Waals surface area (Å²) in [7, 11) is 0. The number of ketones is 1. The summed E-state index contributed by atoms with van der Waals surface area (Å²) in [6.45, 7) is 1.76. The lowest BCUT2D eigenvalue weighted by molar-refractivity contribution is -0.384. The summed E-state index contributed by atoms with van der Waals surface area (Å²) < 4.78 is 5.36. The Morgan fingerprint density at radius 2 is 1.81 bits per heavy atom. The van der Waals surface area contributed by atoms with Gasteiger partial charge in [0.1, 0.15) is 0 Å². The molecule has 130 valence electrons. The lowest BCUT2D eigenvalue weighted by atomic mass is 9.94. The first-order valence-corrected chi connectivity index (χ1v) is 8.25. The molecule has 0 atom stereocenters. The highest BCUT2D eigenvalue weighted by Crippen LogP contribution is 2.44. The van der Waals surface area contributed by atoms with Gasteiger partial charge in [-0.2, -0.15) is 0 Å². The number of hydrogen-bond donors (Lipinski definition) is 0. The van der Waals surface area contributed by atoms with Crippen LogP contribution in [-0.2, 0) is 0 Å². The van der Waals surface area contributed by atoms with Crippen molar-refractivity contribution in [3.8, 4) is 22.4 Å². The van der Waals surface area contributed by atoms with E-state index in [0.717, 1.165) is 5.56 Å². The van der Waals surface area contributed by atoms with Crippen LogP contribution in [0.3, 0.4) is 0 Å². The maximum atomic E-state index is 13.2. The third-order valence-electron chi connectivity index (χ3n) is 4.79. The normalized spacial score (nSPS) is 12.3. The molecule has 27 heavy (non-hydrogen) atoms. The van der Waals surface area contributed by atoms with Crippen LogP contribution in [0.15, 0.2) is 53.1 Å². The third kappa shape index (κ3) is 2.05. The van der Waals surface area contributed by atoms with Crippen molar-refractivity contribution in [2.24, 2.45) is 0 Å². The Morgan fingerprint density at radius 1 is 1.04 bits per heavy atom. The number of benzene rings is 2. The molecule has 0 unspecified atom stereocenters. The summed E-state index contributed by atoms with van der Waals surface area (Å²) in [5.74, 6) is -0.155. The molecule has 7 heteroatoms. The van der Waals surface area contributed by atoms with Crippen molar-refractivity contribution in [2.75, 3.05) is 0 Å². The summed E-state index contributed by atoms with van der Waals surface area (Å²) in [5, 5.41) is 15.8. The smallest absolute Gasteiger partial charge is 0.270 e. The van der Waals surface area contributed by atoms with Gasteiger partial charge in [0, 0.05) is 28.8 Å². The molecule has 0 amide bonds. The molecule has 0 spiro atoms. The van der Waals surface area contributed by atoms with Crippen molar-refractivity contribution in [3.05, 3.63) is 75.5 Å². The number of aromatic nitrogens is 2. The summed E-state index contributed by atoms with van der Waals surface area (Å²) in [6, 6.07) is 13.4. The van der Waals surface area contributed by atoms with E-state index in [9.17, 15) is 14.9 Å². The largest absolute Gasteiger partial charge is 0.336 e. The first-order chi connectivity index (χ1) is 13.1. The Labute approximate surface area is 152 Å². The quantitative estimate of drug-likeness (QED) is 0.345. The fourth-order valence-electron chi connectivity index (χ4n) is 3.62. The van der Waals surface area contributed by atoms with Gasteiger partial charge in [0.05, 0.1) is 27.3 Å². The van der Waals surface area contributed by atoms with E-state index in [1.807, 2.05) is 12.1 Å². The Morgan fingerprint density at radius 3 is 2.59 bits per heavy atom. The predicted octanol–water partition coefficient (Wildman–Crippen LogP) is 4.32. The van der Waals surface area contributed by atoms with E-state index in [1.165, 1.54) is 12.1 Å². The van der Waals surface area contributed by atoms with Gasteiger partial charge >= 0.3 is 0 Å². The van der Waals surface area contributed by atoms with E-state index in [0.29, 0.717) is 44.7 Å². The summed E-state index contributed by atoms with van der Waals surface area (Å²) in [5.41, 5.74) is 4.17. The summed E-state index contributed by atoms with van der Waals surface area (Å²) >= 11 is 0. The molecule has 1 aliphatic carbocycles. The van der Waals surface area contributed by atoms with Crippen molar-refractivity contribution >= 4 is 22.6 Å². The number of carbonyl (C=O) groups excluding carboxylic acids is 1. The fraction of sp³-hybridized carbons (Fsp3) is 0.0500. The van der Waals surface area contributed by atoms with Gasteiger partial charge in [0.25, 0.3) is 11.4 Å². The zero-order chi connectivity index (χ0) is 18.7. The Kier molecular flexibility index (Phi) is 3.03. The van der Waals surface area contributed by atoms with Crippen LogP contribution in [-0.4, -0.2) is 20.8 Å². The minimum atomic E-state index is -0.459. The number of pyridine rings is 1. The van der Waals surface area contributed by atoms with Crippen LogP contribution in [0.2, 0.25) is 0 Å². The molecule has 0 saturated carbocycles. The predicted molar refractivity (Wildman–Crippen MR) is 97.5 cm³/mol. The van der Waals surface area contributed by atoms with Gasteiger partial charge in [0.15, 0.2) is 5.78 Å². The molecular weight excluding hydrogens is 346 g/mol. The average Bonchev–Trinajstić information content (AvgIpc) is 3.19. The lowest BCUT2D eigenvalue weighted by Crippen LogP contribution is -2.01. The van der Waals surface area contributed by atoms with Crippen LogP contribution < -0.4 is 0 Å². The fourth-order valence-corrected chi connectivity index (χ4v) is 3.62. The number of nitro benzene ring substituents is 1. The minimum absolute atomic E-state index is 0.0525. The number of aryl methyl sites for hydroxylation is 1. The highest BCUT2D eigenvalue weighted by molar-refractivity contribution is 6.26. The summed E-state index contributed by atoms with van der Waals surface area (Å²) in [6.07, 6.45) is 0. The van der Waals surface area contributed by atoms with E-state index in [-0.39, 0.29) is 11.5 Å². The van der Waals surface area contributed by atoms with Crippen LogP contribution in [0.4, 0.5) is 5.69 Å². The standard InChI is InChI=1S/C20H11N3O4/c1-10-15-16(11-5-4-6-12(9-11)23(25)26)17-18(21-20(15)27-22-10)13-7-2-3-8-14(13)19(17)24/h2-9H,1H3. The third-order valence-corrected chi connectivity index (χ3v) is 4.79. The van der Waals surface area contributed by atoms with Crippen molar-refractivity contribution in [1.29, 1.82) is 0 Å². The number of carbonyl (C=O) groups is 1.